The van der Waals surface area contributed by atoms with Crippen LogP contribution >= 0.6 is 11.8 Å². The molecule has 1 aromatic rings. The van der Waals surface area contributed by atoms with E-state index in [0.717, 1.165) is 23.1 Å². The number of nitrogens with zero attached hydrogens (tertiary/aromatic N) is 1. The molecule has 88 valence electrons. The number of carbonyl (C=O) groups excluding carboxylic acids is 1. The van der Waals surface area contributed by atoms with E-state index in [1.807, 2.05) is 24.9 Å². The SMILES string of the molecule is Cc1occc1SCC(=O)N(C)CC1CC1. The van der Waals surface area contributed by atoms with Crippen LogP contribution in [0.3, 0.4) is 0 Å². The second-order valence-electron chi connectivity index (χ2n) is 4.35. The van der Waals surface area contributed by atoms with Gasteiger partial charge in [0, 0.05) is 18.5 Å². The standard InChI is InChI=1S/C12H17NO2S/c1-9-11(5-6-15-9)16-8-12(14)13(2)7-10-3-4-10/h5-6,10H,3-4,7-8H2,1-2H3. The fourth-order valence-corrected chi connectivity index (χ4v) is 2.46. The Hall–Kier alpha value is -0.900. The molecule has 1 aromatic heterocycles. The van der Waals surface area contributed by atoms with E-state index in [9.17, 15) is 4.79 Å². The summed E-state index contributed by atoms with van der Waals surface area (Å²) in [6.45, 7) is 2.84. The van der Waals surface area contributed by atoms with Crippen LogP contribution in [-0.2, 0) is 4.79 Å². The maximum absolute atomic E-state index is 11.8. The molecule has 0 unspecified atom stereocenters. The highest BCUT2D eigenvalue weighted by Gasteiger charge is 2.24. The molecular formula is C12H17NO2S. The Morgan fingerprint density at radius 2 is 2.38 bits per heavy atom. The third-order valence-electron chi connectivity index (χ3n) is 2.82. The molecule has 1 saturated carbocycles. The van der Waals surface area contributed by atoms with Crippen LogP contribution in [0.5, 0.6) is 0 Å². The summed E-state index contributed by atoms with van der Waals surface area (Å²) in [6.07, 6.45) is 4.23. The highest BCUT2D eigenvalue weighted by molar-refractivity contribution is 8.00. The average molecular weight is 239 g/mol. The second kappa shape index (κ2) is 4.95. The molecule has 0 aliphatic heterocycles. The summed E-state index contributed by atoms with van der Waals surface area (Å²) < 4.78 is 5.19. The van der Waals surface area contributed by atoms with Crippen molar-refractivity contribution in [1.29, 1.82) is 0 Å². The van der Waals surface area contributed by atoms with E-state index >= 15 is 0 Å². The lowest BCUT2D eigenvalue weighted by atomic mass is 10.4. The topological polar surface area (TPSA) is 33.5 Å². The predicted molar refractivity (Wildman–Crippen MR) is 64.5 cm³/mol. The molecular weight excluding hydrogens is 222 g/mol. The van der Waals surface area contributed by atoms with E-state index in [-0.39, 0.29) is 5.91 Å². The van der Waals surface area contributed by atoms with Crippen LogP contribution < -0.4 is 0 Å². The van der Waals surface area contributed by atoms with Crippen molar-refractivity contribution in [2.24, 2.45) is 5.92 Å². The van der Waals surface area contributed by atoms with Crippen molar-refractivity contribution in [3.05, 3.63) is 18.1 Å². The Morgan fingerprint density at radius 3 is 2.94 bits per heavy atom. The molecule has 1 heterocycles. The molecule has 0 radical (unpaired) electrons. The Morgan fingerprint density at radius 1 is 1.62 bits per heavy atom. The smallest absolute Gasteiger partial charge is 0.232 e. The fourth-order valence-electron chi connectivity index (χ4n) is 1.56. The lowest BCUT2D eigenvalue weighted by Crippen LogP contribution is -2.30. The molecule has 0 bridgehead atoms. The first-order valence-corrected chi connectivity index (χ1v) is 6.56. The van der Waals surface area contributed by atoms with Crippen LogP contribution in [0.15, 0.2) is 21.6 Å². The number of hydrogen-bond donors (Lipinski definition) is 0. The van der Waals surface area contributed by atoms with Gasteiger partial charge in [0.15, 0.2) is 0 Å². The number of carbonyl (C=O) groups is 1. The first-order chi connectivity index (χ1) is 7.66. The average Bonchev–Trinajstić information content (AvgIpc) is 2.97. The zero-order valence-corrected chi connectivity index (χ0v) is 10.5. The van der Waals surface area contributed by atoms with Crippen LogP contribution in [0.2, 0.25) is 0 Å². The van der Waals surface area contributed by atoms with E-state index in [0.29, 0.717) is 5.75 Å². The third kappa shape index (κ3) is 3.04. The van der Waals surface area contributed by atoms with Gasteiger partial charge in [0.05, 0.1) is 12.0 Å². The summed E-state index contributed by atoms with van der Waals surface area (Å²) in [4.78, 5) is 14.7. The maximum atomic E-state index is 11.8. The number of furan rings is 1. The molecule has 0 N–H and O–H groups in total. The highest BCUT2D eigenvalue weighted by atomic mass is 32.2. The Labute approximate surface area is 100 Å². The molecule has 0 spiro atoms. The minimum absolute atomic E-state index is 0.206. The lowest BCUT2D eigenvalue weighted by molar-refractivity contribution is -0.127. The minimum atomic E-state index is 0.206. The minimum Gasteiger partial charge on any atom is -0.468 e. The van der Waals surface area contributed by atoms with E-state index in [2.05, 4.69) is 0 Å². The zero-order valence-electron chi connectivity index (χ0n) is 9.73. The van der Waals surface area contributed by atoms with Crippen molar-refractivity contribution >= 4 is 17.7 Å². The third-order valence-corrected chi connectivity index (χ3v) is 3.94. The van der Waals surface area contributed by atoms with Crippen LogP contribution in [0.1, 0.15) is 18.6 Å². The van der Waals surface area contributed by atoms with Gasteiger partial charge in [0.1, 0.15) is 5.76 Å². The van der Waals surface area contributed by atoms with E-state index in [1.54, 1.807) is 18.0 Å². The van der Waals surface area contributed by atoms with Crippen LogP contribution in [0, 0.1) is 12.8 Å². The Kier molecular flexibility index (Phi) is 3.59. The van der Waals surface area contributed by atoms with Crippen LogP contribution in [0.4, 0.5) is 0 Å². The summed E-state index contributed by atoms with van der Waals surface area (Å²) in [5.41, 5.74) is 0. The molecule has 16 heavy (non-hydrogen) atoms. The molecule has 1 fully saturated rings. The Balaban J connectivity index is 1.76. The van der Waals surface area contributed by atoms with E-state index < -0.39 is 0 Å². The van der Waals surface area contributed by atoms with Gasteiger partial charge in [0.2, 0.25) is 5.91 Å². The summed E-state index contributed by atoms with van der Waals surface area (Å²) in [7, 11) is 1.89. The predicted octanol–water partition coefficient (Wildman–Crippen LogP) is 2.55. The first kappa shape index (κ1) is 11.6. The lowest BCUT2D eigenvalue weighted by Gasteiger charge is -2.16. The number of thioether (sulfide) groups is 1. The molecule has 1 aliphatic rings. The summed E-state index contributed by atoms with van der Waals surface area (Å²) in [5.74, 6) is 2.36. The quantitative estimate of drug-likeness (QED) is 0.740. The van der Waals surface area contributed by atoms with Gasteiger partial charge in [-0.05, 0) is 31.7 Å². The van der Waals surface area contributed by atoms with Crippen molar-refractivity contribution in [3.63, 3.8) is 0 Å². The highest BCUT2D eigenvalue weighted by Crippen LogP contribution is 2.29. The molecule has 0 aromatic carbocycles. The zero-order chi connectivity index (χ0) is 11.5. The summed E-state index contributed by atoms with van der Waals surface area (Å²) in [6, 6.07) is 1.91. The van der Waals surface area contributed by atoms with Crippen LogP contribution in [0.25, 0.3) is 0 Å². The van der Waals surface area contributed by atoms with Crippen molar-refractivity contribution < 1.29 is 9.21 Å². The maximum Gasteiger partial charge on any atom is 0.232 e. The first-order valence-electron chi connectivity index (χ1n) is 5.57. The largest absolute Gasteiger partial charge is 0.468 e. The van der Waals surface area contributed by atoms with Crippen LogP contribution in [-0.4, -0.2) is 30.2 Å². The molecule has 2 rings (SSSR count). The van der Waals surface area contributed by atoms with Gasteiger partial charge >= 0.3 is 0 Å². The number of hydrogen-bond acceptors (Lipinski definition) is 3. The van der Waals surface area contributed by atoms with Gasteiger partial charge in [0.25, 0.3) is 0 Å². The van der Waals surface area contributed by atoms with Gasteiger partial charge in [-0.25, -0.2) is 0 Å². The second-order valence-corrected chi connectivity index (χ2v) is 5.36. The molecule has 1 aliphatic carbocycles. The van der Waals surface area contributed by atoms with Gasteiger partial charge in [-0.2, -0.15) is 0 Å². The van der Waals surface area contributed by atoms with Gasteiger partial charge in [-0.15, -0.1) is 11.8 Å². The number of aryl methyl sites for hydroxylation is 1. The van der Waals surface area contributed by atoms with Crippen molar-refractivity contribution in [2.45, 2.75) is 24.7 Å². The van der Waals surface area contributed by atoms with Gasteiger partial charge < -0.3 is 9.32 Å². The van der Waals surface area contributed by atoms with E-state index in [4.69, 9.17) is 4.42 Å². The van der Waals surface area contributed by atoms with Crippen molar-refractivity contribution in [1.82, 2.24) is 4.90 Å². The van der Waals surface area contributed by atoms with E-state index in [1.165, 1.54) is 12.8 Å². The normalized spacial score (nSPS) is 15.1. The number of rotatable bonds is 5. The van der Waals surface area contributed by atoms with Gasteiger partial charge in [-0.1, -0.05) is 0 Å². The molecule has 0 saturated heterocycles. The Bertz CT molecular complexity index is 371. The summed E-state index contributed by atoms with van der Waals surface area (Å²) in [5, 5.41) is 0. The van der Waals surface area contributed by atoms with Crippen molar-refractivity contribution in [3.8, 4) is 0 Å². The molecule has 3 nitrogen and oxygen atoms in total. The summed E-state index contributed by atoms with van der Waals surface area (Å²) >= 11 is 1.55. The molecule has 1 amide bonds. The van der Waals surface area contributed by atoms with Gasteiger partial charge in [-0.3, -0.25) is 4.79 Å². The molecule has 4 heteroatoms. The monoisotopic (exact) mass is 239 g/mol. The fraction of sp³-hybridized carbons (Fsp3) is 0.583. The van der Waals surface area contributed by atoms with Crippen molar-refractivity contribution in [2.75, 3.05) is 19.3 Å². The molecule has 0 atom stereocenters. The number of amides is 1.